The van der Waals surface area contributed by atoms with Crippen LogP contribution >= 0.6 is 0 Å². The number of carbonyl (C=O) groups is 1. The van der Waals surface area contributed by atoms with Gasteiger partial charge >= 0.3 is 5.97 Å². The van der Waals surface area contributed by atoms with Crippen molar-refractivity contribution in [1.29, 1.82) is 0 Å². The molecule has 1 saturated carbocycles. The molecular weight excluding hydrogens is 385 g/mol. The maximum atomic E-state index is 13.1. The fraction of sp³-hybridized carbons (Fsp3) is 0.348. The highest BCUT2D eigenvalue weighted by Gasteiger charge is 2.13. The average Bonchev–Trinajstić information content (AvgIpc) is 2.78. The second-order valence-electron chi connectivity index (χ2n) is 7.16. The zero-order chi connectivity index (χ0) is 21.5. The van der Waals surface area contributed by atoms with E-state index >= 15 is 0 Å². The molecule has 30 heavy (non-hydrogen) atoms. The van der Waals surface area contributed by atoms with Crippen molar-refractivity contribution >= 4 is 22.8 Å². The molecule has 1 aromatic heterocycles. The summed E-state index contributed by atoms with van der Waals surface area (Å²) in [6, 6.07) is 11.0. The number of hydrogen-bond donors (Lipinski definition) is 2. The Morgan fingerprint density at radius 3 is 2.33 bits per heavy atom. The number of anilines is 1. The summed E-state index contributed by atoms with van der Waals surface area (Å²) in [5.74, 6) is -0.190. The number of fused-ring (bicyclic) bond motifs is 1. The first-order valence-electron chi connectivity index (χ1n) is 10.0. The molecule has 0 unspecified atom stereocenters. The number of nitrogens with one attached hydrogen (secondary N) is 1. The summed E-state index contributed by atoms with van der Waals surface area (Å²) >= 11 is 0. The Hall–Kier alpha value is -3.06. The first-order valence-corrected chi connectivity index (χ1v) is 10.0. The fourth-order valence-electron chi connectivity index (χ4n) is 3.36. The number of aromatic nitrogens is 2. The lowest BCUT2D eigenvalue weighted by Crippen LogP contribution is -2.09. The van der Waals surface area contributed by atoms with Gasteiger partial charge in [-0.3, -0.25) is 0 Å². The minimum atomic E-state index is -0.428. The quantitative estimate of drug-likeness (QED) is 0.614. The third-order valence-corrected chi connectivity index (χ3v) is 5.01. The van der Waals surface area contributed by atoms with Crippen LogP contribution in [0.2, 0.25) is 0 Å². The van der Waals surface area contributed by atoms with Crippen LogP contribution in [0.5, 0.6) is 0 Å². The van der Waals surface area contributed by atoms with Crippen molar-refractivity contribution in [2.45, 2.75) is 38.2 Å². The summed E-state index contributed by atoms with van der Waals surface area (Å²) in [6.45, 7) is 0. The lowest BCUT2D eigenvalue weighted by atomic mass is 9.98. The second kappa shape index (κ2) is 10.1. The number of hydrogen-bond acceptors (Lipinski definition) is 6. The van der Waals surface area contributed by atoms with E-state index in [4.69, 9.17) is 9.84 Å². The van der Waals surface area contributed by atoms with Gasteiger partial charge in [-0.05, 0) is 55.3 Å². The van der Waals surface area contributed by atoms with Crippen molar-refractivity contribution in [2.75, 3.05) is 19.5 Å². The predicted molar refractivity (Wildman–Crippen MR) is 115 cm³/mol. The molecule has 0 bridgehead atoms. The number of rotatable bonds is 3. The highest BCUT2D eigenvalue weighted by atomic mass is 19.1. The standard InChI is InChI=1S/C17H14FN3O2.C6H12O/c1-19-16-15(10-3-6-12(18)7-4-10)20-13-8-5-11(17(22)23-2)9-14(13)21-16;7-6-4-2-1-3-5-6/h3-9H,1-2H3,(H,19,21);6-7H,1-5H2. The van der Waals surface area contributed by atoms with E-state index in [0.717, 1.165) is 18.4 Å². The van der Waals surface area contributed by atoms with Crippen LogP contribution in [0.4, 0.5) is 10.2 Å². The van der Waals surface area contributed by atoms with E-state index in [1.807, 2.05) is 0 Å². The normalized spacial score (nSPS) is 14.0. The summed E-state index contributed by atoms with van der Waals surface area (Å²) in [4.78, 5) is 20.7. The molecule has 1 aliphatic rings. The zero-order valence-electron chi connectivity index (χ0n) is 17.2. The Kier molecular flexibility index (Phi) is 7.30. The molecule has 1 heterocycles. The molecular formula is C23H26FN3O3. The number of ether oxygens (including phenoxy) is 1. The van der Waals surface area contributed by atoms with Crippen LogP contribution in [-0.4, -0.2) is 41.3 Å². The molecule has 3 aromatic rings. The van der Waals surface area contributed by atoms with Crippen molar-refractivity contribution in [3.8, 4) is 11.3 Å². The van der Waals surface area contributed by atoms with E-state index in [-0.39, 0.29) is 11.9 Å². The van der Waals surface area contributed by atoms with E-state index in [0.29, 0.717) is 28.1 Å². The van der Waals surface area contributed by atoms with Crippen LogP contribution in [0.1, 0.15) is 42.5 Å². The minimum Gasteiger partial charge on any atom is -0.465 e. The number of nitrogens with zero attached hydrogens (tertiary/aromatic N) is 2. The van der Waals surface area contributed by atoms with Crippen molar-refractivity contribution in [3.63, 3.8) is 0 Å². The summed E-state index contributed by atoms with van der Waals surface area (Å²) in [6.07, 6.45) is 5.92. The summed E-state index contributed by atoms with van der Waals surface area (Å²) < 4.78 is 17.8. The van der Waals surface area contributed by atoms with Gasteiger partial charge in [0.15, 0.2) is 5.82 Å². The SMILES string of the molecule is CNc1nc2cc(C(=O)OC)ccc2nc1-c1ccc(F)cc1.OC1CCCCC1. The van der Waals surface area contributed by atoms with Gasteiger partial charge in [0.1, 0.15) is 11.5 Å². The summed E-state index contributed by atoms with van der Waals surface area (Å²) in [5, 5.41) is 11.9. The molecule has 1 aliphatic carbocycles. The third-order valence-electron chi connectivity index (χ3n) is 5.01. The van der Waals surface area contributed by atoms with Gasteiger partial charge < -0.3 is 15.2 Å². The first-order chi connectivity index (χ1) is 14.5. The molecule has 0 aliphatic heterocycles. The molecule has 0 spiro atoms. The van der Waals surface area contributed by atoms with Crippen molar-refractivity contribution in [2.24, 2.45) is 0 Å². The summed E-state index contributed by atoms with van der Waals surface area (Å²) in [5.41, 5.74) is 2.98. The fourth-order valence-corrected chi connectivity index (χ4v) is 3.36. The molecule has 2 aromatic carbocycles. The van der Waals surface area contributed by atoms with Crippen LogP contribution in [0.25, 0.3) is 22.3 Å². The molecule has 0 atom stereocenters. The van der Waals surface area contributed by atoms with Gasteiger partial charge in [-0.2, -0.15) is 0 Å². The lowest BCUT2D eigenvalue weighted by Gasteiger charge is -2.14. The molecule has 7 heteroatoms. The van der Waals surface area contributed by atoms with E-state index in [9.17, 15) is 9.18 Å². The second-order valence-corrected chi connectivity index (χ2v) is 7.16. The molecule has 0 amide bonds. The Morgan fingerprint density at radius 1 is 1.07 bits per heavy atom. The molecule has 158 valence electrons. The third kappa shape index (κ3) is 5.30. The monoisotopic (exact) mass is 411 g/mol. The number of halogens is 1. The Balaban J connectivity index is 0.000000310. The first kappa shape index (κ1) is 21.6. The number of aliphatic hydroxyl groups excluding tert-OH is 1. The molecule has 0 saturated heterocycles. The highest BCUT2D eigenvalue weighted by Crippen LogP contribution is 2.27. The van der Waals surface area contributed by atoms with Crippen LogP contribution in [-0.2, 0) is 4.74 Å². The van der Waals surface area contributed by atoms with Gasteiger partial charge in [0.05, 0.1) is 29.8 Å². The largest absolute Gasteiger partial charge is 0.465 e. The Labute approximate surface area is 175 Å². The van der Waals surface area contributed by atoms with Gasteiger partial charge in [0.2, 0.25) is 0 Å². The van der Waals surface area contributed by atoms with Crippen LogP contribution in [0, 0.1) is 5.82 Å². The van der Waals surface area contributed by atoms with E-state index in [1.54, 1.807) is 37.4 Å². The number of carbonyl (C=O) groups excluding carboxylic acids is 1. The van der Waals surface area contributed by atoms with Gasteiger partial charge in [0.25, 0.3) is 0 Å². The number of aliphatic hydroxyl groups is 1. The van der Waals surface area contributed by atoms with Crippen LogP contribution < -0.4 is 5.32 Å². The number of methoxy groups -OCH3 is 1. The topological polar surface area (TPSA) is 84.3 Å². The van der Waals surface area contributed by atoms with Gasteiger partial charge in [-0.25, -0.2) is 19.2 Å². The minimum absolute atomic E-state index is 0.0359. The molecule has 0 radical (unpaired) electrons. The average molecular weight is 411 g/mol. The maximum Gasteiger partial charge on any atom is 0.337 e. The van der Waals surface area contributed by atoms with E-state index < -0.39 is 5.97 Å². The maximum absolute atomic E-state index is 13.1. The smallest absolute Gasteiger partial charge is 0.337 e. The molecule has 1 fully saturated rings. The van der Waals surface area contributed by atoms with Crippen molar-refractivity contribution < 1.29 is 19.0 Å². The summed E-state index contributed by atoms with van der Waals surface area (Å²) in [7, 11) is 3.06. The lowest BCUT2D eigenvalue weighted by molar-refractivity contribution is 0.0601. The van der Waals surface area contributed by atoms with Crippen molar-refractivity contribution in [3.05, 3.63) is 53.8 Å². The zero-order valence-corrected chi connectivity index (χ0v) is 17.2. The molecule has 2 N–H and O–H groups in total. The predicted octanol–water partition coefficient (Wildman–Crippen LogP) is 4.58. The Morgan fingerprint density at radius 2 is 1.77 bits per heavy atom. The Bertz CT molecular complexity index is 1000. The van der Waals surface area contributed by atoms with Crippen molar-refractivity contribution in [1.82, 2.24) is 9.97 Å². The van der Waals surface area contributed by atoms with Gasteiger partial charge in [-0.15, -0.1) is 0 Å². The molecule has 4 rings (SSSR count). The van der Waals surface area contributed by atoms with E-state index in [1.165, 1.54) is 38.5 Å². The van der Waals surface area contributed by atoms with Crippen LogP contribution in [0.15, 0.2) is 42.5 Å². The number of benzene rings is 2. The molecule has 6 nitrogen and oxygen atoms in total. The van der Waals surface area contributed by atoms with Gasteiger partial charge in [-0.1, -0.05) is 19.3 Å². The van der Waals surface area contributed by atoms with Gasteiger partial charge in [0, 0.05) is 12.6 Å². The highest BCUT2D eigenvalue weighted by molar-refractivity contribution is 5.94. The van der Waals surface area contributed by atoms with E-state index in [2.05, 4.69) is 15.3 Å². The number of esters is 1. The van der Waals surface area contributed by atoms with Crippen LogP contribution in [0.3, 0.4) is 0 Å².